The van der Waals surface area contributed by atoms with Crippen molar-refractivity contribution in [1.29, 1.82) is 0 Å². The highest BCUT2D eigenvalue weighted by atomic mass is 14.8. The first-order chi connectivity index (χ1) is 10.9. The maximum absolute atomic E-state index is 4.05. The van der Waals surface area contributed by atoms with Crippen LogP contribution in [0.3, 0.4) is 0 Å². The van der Waals surface area contributed by atoms with Crippen LogP contribution in [0.25, 0.3) is 0 Å². The summed E-state index contributed by atoms with van der Waals surface area (Å²) in [6.45, 7) is 15.6. The van der Waals surface area contributed by atoms with Gasteiger partial charge in [0.1, 0.15) is 0 Å². The van der Waals surface area contributed by atoms with E-state index in [0.29, 0.717) is 0 Å². The second kappa shape index (κ2) is 6.95. The molecule has 3 atom stereocenters. The Morgan fingerprint density at radius 2 is 1.87 bits per heavy atom. The molecular weight excluding hydrogens is 278 g/mol. The maximum Gasteiger partial charge on any atom is 0.0264 e. The molecular formula is C22H33N. The molecule has 1 heteroatoms. The Morgan fingerprint density at radius 3 is 2.39 bits per heavy atom. The topological polar surface area (TPSA) is 12.0 Å². The number of nitrogens with one attached hydrogen (secondary N) is 1. The summed E-state index contributed by atoms with van der Waals surface area (Å²) >= 11 is 0. The van der Waals surface area contributed by atoms with E-state index in [1.165, 1.54) is 36.0 Å². The van der Waals surface area contributed by atoms with Crippen molar-refractivity contribution in [3.05, 3.63) is 58.9 Å². The van der Waals surface area contributed by atoms with Gasteiger partial charge in [0.2, 0.25) is 0 Å². The van der Waals surface area contributed by atoms with E-state index < -0.39 is 0 Å². The van der Waals surface area contributed by atoms with Crippen LogP contribution in [0.5, 0.6) is 0 Å². The largest absolute Gasteiger partial charge is 0.389 e. The molecule has 2 aliphatic carbocycles. The average Bonchev–Trinajstić information content (AvgIpc) is 2.96. The zero-order chi connectivity index (χ0) is 17.2. The van der Waals surface area contributed by atoms with E-state index in [0.717, 1.165) is 17.5 Å². The average molecular weight is 312 g/mol. The molecule has 126 valence electrons. The molecule has 0 aromatic carbocycles. The predicted molar refractivity (Wildman–Crippen MR) is 102 cm³/mol. The van der Waals surface area contributed by atoms with Crippen LogP contribution in [0.2, 0.25) is 0 Å². The molecule has 0 heterocycles. The summed E-state index contributed by atoms with van der Waals surface area (Å²) in [6, 6.07) is 0. The summed E-state index contributed by atoms with van der Waals surface area (Å²) in [6.07, 6.45) is 12.9. The SMILES string of the molecule is C=C(/C=C\C1=C(C)C(C)=C(/C=C\C)C12CC(C)CC2CC)NC. The van der Waals surface area contributed by atoms with Gasteiger partial charge in [-0.3, -0.25) is 0 Å². The normalized spacial score (nSPS) is 31.4. The first-order valence-electron chi connectivity index (χ1n) is 9.02. The van der Waals surface area contributed by atoms with E-state index >= 15 is 0 Å². The number of hydrogen-bond donors (Lipinski definition) is 1. The third-order valence-corrected chi connectivity index (χ3v) is 5.98. The summed E-state index contributed by atoms with van der Waals surface area (Å²) in [5, 5.41) is 3.13. The van der Waals surface area contributed by atoms with Crippen LogP contribution in [0.1, 0.15) is 53.9 Å². The highest BCUT2D eigenvalue weighted by molar-refractivity contribution is 5.60. The predicted octanol–water partition coefficient (Wildman–Crippen LogP) is 5.94. The van der Waals surface area contributed by atoms with Gasteiger partial charge in [-0.1, -0.05) is 45.1 Å². The summed E-state index contributed by atoms with van der Waals surface area (Å²) in [5.74, 6) is 1.52. The summed E-state index contributed by atoms with van der Waals surface area (Å²) in [5.41, 5.74) is 7.20. The minimum absolute atomic E-state index is 0.208. The molecule has 2 rings (SSSR count). The summed E-state index contributed by atoms with van der Waals surface area (Å²) in [4.78, 5) is 0. The van der Waals surface area contributed by atoms with Gasteiger partial charge >= 0.3 is 0 Å². The molecule has 1 saturated carbocycles. The van der Waals surface area contributed by atoms with Crippen molar-refractivity contribution in [3.63, 3.8) is 0 Å². The number of hydrogen-bond acceptors (Lipinski definition) is 1. The fraction of sp³-hybridized carbons (Fsp3) is 0.545. The highest BCUT2D eigenvalue weighted by Crippen LogP contribution is 2.62. The molecule has 1 nitrogen and oxygen atoms in total. The Balaban J connectivity index is 2.60. The van der Waals surface area contributed by atoms with Crippen LogP contribution in [0, 0.1) is 17.3 Å². The minimum Gasteiger partial charge on any atom is -0.389 e. The molecule has 1 spiro atoms. The molecule has 3 unspecified atom stereocenters. The van der Waals surface area contributed by atoms with Gasteiger partial charge in [0.05, 0.1) is 0 Å². The molecule has 0 amide bonds. The second-order valence-electron chi connectivity index (χ2n) is 7.31. The molecule has 1 fully saturated rings. The van der Waals surface area contributed by atoms with Crippen LogP contribution >= 0.6 is 0 Å². The number of likely N-dealkylation sites (N-methyl/N-ethyl adjacent to an activating group) is 1. The third-order valence-electron chi connectivity index (χ3n) is 5.98. The second-order valence-corrected chi connectivity index (χ2v) is 7.31. The van der Waals surface area contributed by atoms with Gasteiger partial charge < -0.3 is 5.32 Å². The molecule has 0 aliphatic heterocycles. The summed E-state index contributed by atoms with van der Waals surface area (Å²) in [7, 11) is 1.93. The Labute approximate surface area is 142 Å². The van der Waals surface area contributed by atoms with E-state index in [9.17, 15) is 0 Å². The lowest BCUT2D eigenvalue weighted by molar-refractivity contribution is 0.318. The fourth-order valence-corrected chi connectivity index (χ4v) is 4.86. The highest BCUT2D eigenvalue weighted by Gasteiger charge is 2.52. The third kappa shape index (κ3) is 2.86. The first kappa shape index (κ1) is 17.8. The van der Waals surface area contributed by atoms with E-state index in [-0.39, 0.29) is 5.41 Å². The smallest absolute Gasteiger partial charge is 0.0264 e. The lowest BCUT2D eigenvalue weighted by atomic mass is 9.67. The van der Waals surface area contributed by atoms with Crippen molar-refractivity contribution >= 4 is 0 Å². The van der Waals surface area contributed by atoms with E-state index in [4.69, 9.17) is 0 Å². The lowest BCUT2D eigenvalue weighted by Crippen LogP contribution is -2.27. The molecule has 0 bridgehead atoms. The lowest BCUT2D eigenvalue weighted by Gasteiger charge is -2.36. The van der Waals surface area contributed by atoms with Crippen LogP contribution in [-0.2, 0) is 0 Å². The Kier molecular flexibility index (Phi) is 5.39. The Hall–Kier alpha value is -1.50. The zero-order valence-corrected chi connectivity index (χ0v) is 15.8. The van der Waals surface area contributed by atoms with Gasteiger partial charge in [-0.05, 0) is 73.8 Å². The first-order valence-corrected chi connectivity index (χ1v) is 9.02. The standard InChI is InChI=1S/C22H33N/c1-8-10-20-17(5)18(6)21(12-11-16(4)23-7)22(20)14-15(3)13-19(22)9-2/h8,10-12,15,19,23H,4,9,13-14H2,1-3,5-7H3/b10-8-,12-11-. The van der Waals surface area contributed by atoms with Gasteiger partial charge in [0, 0.05) is 18.2 Å². The van der Waals surface area contributed by atoms with Crippen LogP contribution in [-0.4, -0.2) is 7.05 Å². The zero-order valence-electron chi connectivity index (χ0n) is 15.8. The summed E-state index contributed by atoms with van der Waals surface area (Å²) < 4.78 is 0. The van der Waals surface area contributed by atoms with Gasteiger partial charge in [-0.2, -0.15) is 0 Å². The van der Waals surface area contributed by atoms with Gasteiger partial charge in [0.15, 0.2) is 0 Å². The quantitative estimate of drug-likeness (QED) is 0.619. The van der Waals surface area contributed by atoms with E-state index in [1.54, 1.807) is 5.57 Å². The molecule has 0 aromatic heterocycles. The minimum atomic E-state index is 0.208. The van der Waals surface area contributed by atoms with Crippen LogP contribution in [0.4, 0.5) is 0 Å². The number of allylic oxidation sites excluding steroid dienone is 8. The van der Waals surface area contributed by atoms with E-state index in [2.05, 4.69) is 70.8 Å². The Morgan fingerprint density at radius 1 is 1.26 bits per heavy atom. The monoisotopic (exact) mass is 311 g/mol. The van der Waals surface area contributed by atoms with Crippen molar-refractivity contribution in [2.24, 2.45) is 17.3 Å². The number of rotatable bonds is 5. The van der Waals surface area contributed by atoms with Crippen molar-refractivity contribution in [1.82, 2.24) is 5.32 Å². The maximum atomic E-state index is 4.05. The van der Waals surface area contributed by atoms with E-state index in [1.807, 2.05) is 7.05 Å². The van der Waals surface area contributed by atoms with Gasteiger partial charge in [-0.25, -0.2) is 0 Å². The molecule has 0 radical (unpaired) electrons. The fourth-order valence-electron chi connectivity index (χ4n) is 4.86. The molecule has 0 aromatic rings. The Bertz CT molecular complexity index is 599. The van der Waals surface area contributed by atoms with Crippen LogP contribution in [0.15, 0.2) is 58.9 Å². The van der Waals surface area contributed by atoms with Crippen molar-refractivity contribution in [2.45, 2.75) is 53.9 Å². The van der Waals surface area contributed by atoms with Gasteiger partial charge in [0.25, 0.3) is 0 Å². The van der Waals surface area contributed by atoms with Crippen molar-refractivity contribution in [3.8, 4) is 0 Å². The van der Waals surface area contributed by atoms with Crippen molar-refractivity contribution < 1.29 is 0 Å². The van der Waals surface area contributed by atoms with Crippen LogP contribution < -0.4 is 5.32 Å². The molecule has 0 saturated heterocycles. The molecule has 1 N–H and O–H groups in total. The van der Waals surface area contributed by atoms with Gasteiger partial charge in [-0.15, -0.1) is 0 Å². The molecule has 23 heavy (non-hydrogen) atoms. The molecule has 2 aliphatic rings. The van der Waals surface area contributed by atoms with Crippen molar-refractivity contribution in [2.75, 3.05) is 7.05 Å².